The van der Waals surface area contributed by atoms with Gasteiger partial charge in [0.25, 0.3) is 0 Å². The Hall–Kier alpha value is -0.430. The molecule has 0 amide bonds. The number of carboxylic acids is 1. The number of thiophene rings is 1. The van der Waals surface area contributed by atoms with E-state index in [1.54, 1.807) is 0 Å². The van der Waals surface area contributed by atoms with Crippen LogP contribution in [0.5, 0.6) is 0 Å². The predicted molar refractivity (Wildman–Crippen MR) is 71.5 cm³/mol. The van der Waals surface area contributed by atoms with Gasteiger partial charge in [-0.1, -0.05) is 0 Å². The molecule has 0 aliphatic carbocycles. The third-order valence-corrected chi connectivity index (χ3v) is 4.68. The third kappa shape index (κ3) is 3.07. The van der Waals surface area contributed by atoms with E-state index in [0.717, 1.165) is 34.8 Å². The number of aliphatic carboxylic acids is 1. The summed E-state index contributed by atoms with van der Waals surface area (Å²) >= 11 is 4.88. The van der Waals surface area contributed by atoms with Crippen molar-refractivity contribution in [2.75, 3.05) is 33.2 Å². The molecule has 1 unspecified atom stereocenters. The van der Waals surface area contributed by atoms with Crippen LogP contribution in [0.25, 0.3) is 0 Å². The highest BCUT2D eigenvalue weighted by Gasteiger charge is 2.30. The molecule has 1 aliphatic heterocycles. The standard InChI is InChI=1S/C11H15BrN2O2S/c1-13-4-6-14(7-5-13)10(11(15)16)8-2-3-9(12)17-8/h2-3,10H,4-7H2,1H3,(H,15,16). The van der Waals surface area contributed by atoms with Crippen molar-refractivity contribution in [3.05, 3.63) is 20.8 Å². The normalized spacial score (nSPS) is 20.4. The first-order valence-corrected chi connectivity index (χ1v) is 7.09. The minimum absolute atomic E-state index is 0.500. The molecule has 0 aromatic carbocycles. The van der Waals surface area contributed by atoms with Gasteiger partial charge in [0.15, 0.2) is 0 Å². The molecule has 1 fully saturated rings. The first-order valence-electron chi connectivity index (χ1n) is 5.48. The highest BCUT2D eigenvalue weighted by molar-refractivity contribution is 9.11. The number of hydrogen-bond acceptors (Lipinski definition) is 4. The minimum Gasteiger partial charge on any atom is -0.480 e. The Morgan fingerprint density at radius 1 is 1.41 bits per heavy atom. The van der Waals surface area contributed by atoms with Crippen LogP contribution < -0.4 is 0 Å². The van der Waals surface area contributed by atoms with Crippen LogP contribution >= 0.6 is 27.3 Å². The molecule has 0 spiro atoms. The molecule has 1 aliphatic rings. The lowest BCUT2D eigenvalue weighted by Crippen LogP contribution is -2.47. The van der Waals surface area contributed by atoms with Crippen LogP contribution in [0.1, 0.15) is 10.9 Å². The van der Waals surface area contributed by atoms with Crippen molar-refractivity contribution in [2.24, 2.45) is 0 Å². The maximum Gasteiger partial charge on any atom is 0.326 e. The summed E-state index contributed by atoms with van der Waals surface area (Å²) in [6.07, 6.45) is 0. The zero-order valence-electron chi connectivity index (χ0n) is 9.60. The van der Waals surface area contributed by atoms with Crippen LogP contribution in [-0.4, -0.2) is 54.1 Å². The van der Waals surface area contributed by atoms with E-state index in [4.69, 9.17) is 0 Å². The predicted octanol–water partition coefficient (Wildman–Crippen LogP) is 1.88. The molecule has 1 aromatic heterocycles. The summed E-state index contributed by atoms with van der Waals surface area (Å²) in [6, 6.07) is 3.30. The SMILES string of the molecule is CN1CCN(C(C(=O)O)c2ccc(Br)s2)CC1. The van der Waals surface area contributed by atoms with E-state index in [9.17, 15) is 9.90 Å². The van der Waals surface area contributed by atoms with Crippen LogP contribution in [0.15, 0.2) is 15.9 Å². The Labute approximate surface area is 113 Å². The minimum atomic E-state index is -0.760. The molecule has 1 atom stereocenters. The van der Waals surface area contributed by atoms with Crippen molar-refractivity contribution in [1.29, 1.82) is 0 Å². The van der Waals surface area contributed by atoms with Crippen molar-refractivity contribution in [1.82, 2.24) is 9.80 Å². The molecule has 0 bridgehead atoms. The van der Waals surface area contributed by atoms with Crippen molar-refractivity contribution in [2.45, 2.75) is 6.04 Å². The van der Waals surface area contributed by atoms with Gasteiger partial charge in [-0.15, -0.1) is 11.3 Å². The number of halogens is 1. The van der Waals surface area contributed by atoms with E-state index in [1.165, 1.54) is 11.3 Å². The summed E-state index contributed by atoms with van der Waals surface area (Å²) < 4.78 is 0.980. The van der Waals surface area contributed by atoms with Crippen LogP contribution in [-0.2, 0) is 4.79 Å². The number of likely N-dealkylation sites (N-methyl/N-ethyl adjacent to an activating group) is 1. The maximum absolute atomic E-state index is 11.4. The second kappa shape index (κ2) is 5.48. The Balaban J connectivity index is 2.15. The first kappa shape index (κ1) is 13.0. The number of carboxylic acid groups (broad SMARTS) is 1. The lowest BCUT2D eigenvalue weighted by atomic mass is 10.2. The maximum atomic E-state index is 11.4. The molecule has 4 nitrogen and oxygen atoms in total. The molecule has 1 N–H and O–H groups in total. The van der Waals surface area contributed by atoms with E-state index >= 15 is 0 Å². The van der Waals surface area contributed by atoms with Gasteiger partial charge in [-0.05, 0) is 35.1 Å². The monoisotopic (exact) mass is 318 g/mol. The van der Waals surface area contributed by atoms with Crippen LogP contribution in [0.4, 0.5) is 0 Å². The number of hydrogen-bond donors (Lipinski definition) is 1. The highest BCUT2D eigenvalue weighted by atomic mass is 79.9. The summed E-state index contributed by atoms with van der Waals surface area (Å²) in [5.41, 5.74) is 0. The molecule has 1 saturated heterocycles. The molecule has 94 valence electrons. The van der Waals surface area contributed by atoms with Gasteiger partial charge in [-0.2, -0.15) is 0 Å². The molecule has 2 rings (SSSR count). The van der Waals surface area contributed by atoms with E-state index < -0.39 is 12.0 Å². The fourth-order valence-electron chi connectivity index (χ4n) is 2.01. The molecule has 0 saturated carbocycles. The summed E-state index contributed by atoms with van der Waals surface area (Å²) in [6.45, 7) is 3.47. The molecule has 2 heterocycles. The topological polar surface area (TPSA) is 43.8 Å². The first-order chi connectivity index (χ1) is 8.08. The lowest BCUT2D eigenvalue weighted by molar-refractivity contribution is -0.144. The van der Waals surface area contributed by atoms with Crippen LogP contribution in [0, 0.1) is 0 Å². The molecule has 6 heteroatoms. The van der Waals surface area contributed by atoms with Crippen molar-refractivity contribution in [3.63, 3.8) is 0 Å². The summed E-state index contributed by atoms with van der Waals surface area (Å²) in [5.74, 6) is -0.760. The summed E-state index contributed by atoms with van der Waals surface area (Å²) in [5, 5.41) is 9.39. The molecule has 0 radical (unpaired) electrons. The fourth-order valence-corrected chi connectivity index (χ4v) is 3.56. The van der Waals surface area contributed by atoms with Gasteiger partial charge in [0, 0.05) is 31.1 Å². The average molecular weight is 319 g/mol. The van der Waals surface area contributed by atoms with E-state index in [0.29, 0.717) is 0 Å². The summed E-state index contributed by atoms with van der Waals surface area (Å²) in [4.78, 5) is 16.6. The smallest absolute Gasteiger partial charge is 0.326 e. The lowest BCUT2D eigenvalue weighted by Gasteiger charge is -2.35. The van der Waals surface area contributed by atoms with Crippen molar-refractivity contribution >= 4 is 33.2 Å². The van der Waals surface area contributed by atoms with E-state index in [2.05, 4.69) is 27.9 Å². The Kier molecular flexibility index (Phi) is 4.19. The second-order valence-electron chi connectivity index (χ2n) is 4.22. The largest absolute Gasteiger partial charge is 0.480 e. The number of nitrogens with zero attached hydrogens (tertiary/aromatic N) is 2. The van der Waals surface area contributed by atoms with Crippen molar-refractivity contribution < 1.29 is 9.90 Å². The van der Waals surface area contributed by atoms with Gasteiger partial charge in [0.05, 0.1) is 3.79 Å². The number of carbonyl (C=O) groups is 1. The fraction of sp³-hybridized carbons (Fsp3) is 0.545. The van der Waals surface area contributed by atoms with E-state index in [-0.39, 0.29) is 0 Å². The van der Waals surface area contributed by atoms with Gasteiger partial charge >= 0.3 is 5.97 Å². The highest BCUT2D eigenvalue weighted by Crippen LogP contribution is 2.31. The molecular formula is C11H15BrN2O2S. The van der Waals surface area contributed by atoms with E-state index in [1.807, 2.05) is 17.0 Å². The number of rotatable bonds is 3. The quantitative estimate of drug-likeness (QED) is 0.924. The van der Waals surface area contributed by atoms with Gasteiger partial charge < -0.3 is 10.0 Å². The second-order valence-corrected chi connectivity index (χ2v) is 6.72. The molecular weight excluding hydrogens is 304 g/mol. The zero-order chi connectivity index (χ0) is 12.4. The van der Waals surface area contributed by atoms with Gasteiger partial charge in [-0.25, -0.2) is 0 Å². The molecule has 1 aromatic rings. The third-order valence-electron chi connectivity index (χ3n) is 3.00. The van der Waals surface area contributed by atoms with Crippen LogP contribution in [0.3, 0.4) is 0 Å². The van der Waals surface area contributed by atoms with Gasteiger partial charge in [0.1, 0.15) is 6.04 Å². The van der Waals surface area contributed by atoms with Crippen molar-refractivity contribution in [3.8, 4) is 0 Å². The Bertz CT molecular complexity index is 402. The molecule has 17 heavy (non-hydrogen) atoms. The summed E-state index contributed by atoms with van der Waals surface area (Å²) in [7, 11) is 2.06. The Morgan fingerprint density at radius 3 is 2.53 bits per heavy atom. The Morgan fingerprint density at radius 2 is 2.06 bits per heavy atom. The van der Waals surface area contributed by atoms with Gasteiger partial charge in [-0.3, -0.25) is 9.69 Å². The van der Waals surface area contributed by atoms with Crippen LogP contribution in [0.2, 0.25) is 0 Å². The average Bonchev–Trinajstić information content (AvgIpc) is 2.68. The zero-order valence-corrected chi connectivity index (χ0v) is 12.0. The van der Waals surface area contributed by atoms with Gasteiger partial charge in [0.2, 0.25) is 0 Å². The number of piperazine rings is 1.